The normalized spacial score (nSPS) is 11.1. The quantitative estimate of drug-likeness (QED) is 0.170. The molecule has 56 heavy (non-hydrogen) atoms. The van der Waals surface area contributed by atoms with Gasteiger partial charge in [-0.2, -0.15) is 0 Å². The fourth-order valence-corrected chi connectivity index (χ4v) is 7.64. The smallest absolute Gasteiger partial charge is 0.00132 e. The molecule has 0 bridgehead atoms. The van der Waals surface area contributed by atoms with Gasteiger partial charge in [0.15, 0.2) is 0 Å². The van der Waals surface area contributed by atoms with Gasteiger partial charge >= 0.3 is 0 Å². The van der Waals surface area contributed by atoms with Crippen LogP contribution in [0.2, 0.25) is 0 Å². The minimum Gasteiger partial charge on any atom is -0.0622 e. The van der Waals surface area contributed by atoms with Crippen molar-refractivity contribution in [1.29, 1.82) is 0 Å². The minimum atomic E-state index is 1.06. The van der Waals surface area contributed by atoms with E-state index in [-0.39, 0.29) is 0 Å². The summed E-state index contributed by atoms with van der Waals surface area (Å²) in [5, 5.41) is 2.67. The third-order valence-electron chi connectivity index (χ3n) is 10.8. The van der Waals surface area contributed by atoms with Crippen molar-refractivity contribution in [3.05, 3.63) is 240 Å². The van der Waals surface area contributed by atoms with E-state index in [0.717, 1.165) is 6.42 Å². The highest BCUT2D eigenvalue weighted by atomic mass is 14.2. The van der Waals surface area contributed by atoms with Gasteiger partial charge in [-0.3, -0.25) is 0 Å². The van der Waals surface area contributed by atoms with Gasteiger partial charge in [-0.05, 0) is 116 Å². The first-order valence-electron chi connectivity index (χ1n) is 19.5. The highest BCUT2D eigenvalue weighted by Crippen LogP contribution is 2.38. The molecule has 0 atom stereocenters. The van der Waals surface area contributed by atoms with E-state index in [1.807, 2.05) is 6.07 Å². The Morgan fingerprint density at radius 2 is 0.714 bits per heavy atom. The molecule has 1 aliphatic carbocycles. The van der Waals surface area contributed by atoms with Gasteiger partial charge in [0.25, 0.3) is 0 Å². The van der Waals surface area contributed by atoms with Gasteiger partial charge in [-0.1, -0.05) is 217 Å². The van der Waals surface area contributed by atoms with Gasteiger partial charge in [0.1, 0.15) is 0 Å². The third-order valence-corrected chi connectivity index (χ3v) is 10.8. The summed E-state index contributed by atoms with van der Waals surface area (Å²) in [6.45, 7) is 6.41. The molecule has 9 aromatic carbocycles. The Hall–Kier alpha value is -6.76. The second-order valence-electron chi connectivity index (χ2n) is 14.7. The highest BCUT2D eigenvalue weighted by Gasteiger charge is 2.18. The van der Waals surface area contributed by atoms with Gasteiger partial charge in [0.2, 0.25) is 0 Å². The standard InChI is InChI=1S/C20H16.C19H16.C17H14/c1-14-6-8-15(9-7-14)16-10-11-20-18(12-16)13-17-4-2-3-5-19(17)20;1-15-10-12-17(13-11-15)19-9-5-8-18(14-19)16-6-3-2-4-7-16;1-13-11-12-16(14-7-3-2-4-8-14)17-10-6-5-9-15(13)17/h2-12H,13H2,1H3;2-14H,1H3;2-12H,1H3. The summed E-state index contributed by atoms with van der Waals surface area (Å²) in [5.74, 6) is 0. The maximum absolute atomic E-state index is 2.35. The van der Waals surface area contributed by atoms with Crippen molar-refractivity contribution in [3.8, 4) is 55.6 Å². The summed E-state index contributed by atoms with van der Waals surface area (Å²) in [5.41, 5.74) is 19.9. The number of fused-ring (bicyclic) bond motifs is 4. The van der Waals surface area contributed by atoms with Crippen LogP contribution in [0.15, 0.2) is 212 Å². The molecule has 0 nitrogen and oxygen atoms in total. The van der Waals surface area contributed by atoms with Gasteiger partial charge in [-0.25, -0.2) is 0 Å². The molecular formula is C56H46. The van der Waals surface area contributed by atoms with Crippen LogP contribution in [-0.4, -0.2) is 0 Å². The van der Waals surface area contributed by atoms with Crippen LogP contribution in [0.5, 0.6) is 0 Å². The Morgan fingerprint density at radius 1 is 0.268 bits per heavy atom. The van der Waals surface area contributed by atoms with E-state index in [0.29, 0.717) is 0 Å². The summed E-state index contributed by atoms with van der Waals surface area (Å²) in [7, 11) is 0. The van der Waals surface area contributed by atoms with Gasteiger partial charge < -0.3 is 0 Å². The third kappa shape index (κ3) is 8.16. The van der Waals surface area contributed by atoms with Crippen LogP contribution in [0.25, 0.3) is 66.4 Å². The molecular weight excluding hydrogens is 673 g/mol. The van der Waals surface area contributed by atoms with Crippen molar-refractivity contribution >= 4 is 10.8 Å². The lowest BCUT2D eigenvalue weighted by Gasteiger charge is -2.09. The SMILES string of the molecule is Cc1ccc(-c2ccc3c(c2)Cc2ccccc2-3)cc1.Cc1ccc(-c2cccc(-c3ccccc3)c2)cc1.Cc1ccc(-c2ccccc2)c2ccccc12. The fraction of sp³-hybridized carbons (Fsp3) is 0.0714. The molecule has 1 aliphatic rings. The molecule has 10 rings (SSSR count). The number of benzene rings is 9. The largest absolute Gasteiger partial charge is 0.0622 e. The summed E-state index contributed by atoms with van der Waals surface area (Å²) < 4.78 is 0. The Kier molecular flexibility index (Phi) is 10.8. The summed E-state index contributed by atoms with van der Waals surface area (Å²) in [6.07, 6.45) is 1.06. The van der Waals surface area contributed by atoms with Crippen molar-refractivity contribution in [2.24, 2.45) is 0 Å². The van der Waals surface area contributed by atoms with Crippen LogP contribution < -0.4 is 0 Å². The molecule has 0 aromatic heterocycles. The molecule has 0 fully saturated rings. The molecule has 0 radical (unpaired) electrons. The molecule has 0 aliphatic heterocycles. The second-order valence-corrected chi connectivity index (χ2v) is 14.7. The predicted octanol–water partition coefficient (Wildman–Crippen LogP) is 15.4. The lowest BCUT2D eigenvalue weighted by molar-refractivity contribution is 1.26. The van der Waals surface area contributed by atoms with Crippen molar-refractivity contribution in [2.75, 3.05) is 0 Å². The predicted molar refractivity (Wildman–Crippen MR) is 241 cm³/mol. The Morgan fingerprint density at radius 3 is 1.36 bits per heavy atom. The Bertz CT molecular complexity index is 2700. The average molecular weight is 719 g/mol. The average Bonchev–Trinajstić information content (AvgIpc) is 3.64. The van der Waals surface area contributed by atoms with Gasteiger partial charge in [0, 0.05) is 0 Å². The van der Waals surface area contributed by atoms with E-state index in [9.17, 15) is 0 Å². The summed E-state index contributed by atoms with van der Waals surface area (Å²) in [4.78, 5) is 0. The Labute approximate surface area is 332 Å². The highest BCUT2D eigenvalue weighted by molar-refractivity contribution is 5.98. The van der Waals surface area contributed by atoms with Crippen LogP contribution in [0, 0.1) is 20.8 Å². The van der Waals surface area contributed by atoms with Gasteiger partial charge in [-0.15, -0.1) is 0 Å². The molecule has 0 saturated carbocycles. The van der Waals surface area contributed by atoms with E-state index in [1.54, 1.807) is 0 Å². The first kappa shape index (κ1) is 36.2. The monoisotopic (exact) mass is 718 g/mol. The molecule has 0 heteroatoms. The maximum atomic E-state index is 2.35. The first-order valence-corrected chi connectivity index (χ1v) is 19.5. The molecule has 0 saturated heterocycles. The molecule has 9 aromatic rings. The van der Waals surface area contributed by atoms with Crippen LogP contribution >= 0.6 is 0 Å². The van der Waals surface area contributed by atoms with Crippen LogP contribution in [0.4, 0.5) is 0 Å². The van der Waals surface area contributed by atoms with Crippen LogP contribution in [0.3, 0.4) is 0 Å². The van der Waals surface area contributed by atoms with Crippen LogP contribution in [0.1, 0.15) is 27.8 Å². The zero-order valence-electron chi connectivity index (χ0n) is 32.4. The topological polar surface area (TPSA) is 0 Å². The number of hydrogen-bond acceptors (Lipinski definition) is 0. The first-order chi connectivity index (χ1) is 27.5. The van der Waals surface area contributed by atoms with Crippen molar-refractivity contribution in [2.45, 2.75) is 27.2 Å². The van der Waals surface area contributed by atoms with Crippen LogP contribution in [-0.2, 0) is 6.42 Å². The lowest BCUT2D eigenvalue weighted by atomic mass is 9.96. The second kappa shape index (κ2) is 16.7. The van der Waals surface area contributed by atoms with E-state index in [4.69, 9.17) is 0 Å². The van der Waals surface area contributed by atoms with Gasteiger partial charge in [0.05, 0.1) is 0 Å². The van der Waals surface area contributed by atoms with E-state index in [1.165, 1.54) is 94.2 Å². The summed E-state index contributed by atoms with van der Waals surface area (Å²) >= 11 is 0. The molecule has 0 unspecified atom stereocenters. The zero-order valence-corrected chi connectivity index (χ0v) is 32.4. The zero-order chi connectivity index (χ0) is 38.3. The molecule has 270 valence electrons. The number of hydrogen-bond donors (Lipinski definition) is 0. The minimum absolute atomic E-state index is 1.06. The molecule has 0 N–H and O–H groups in total. The molecule has 0 amide bonds. The van der Waals surface area contributed by atoms with E-state index >= 15 is 0 Å². The van der Waals surface area contributed by atoms with Crippen molar-refractivity contribution in [1.82, 2.24) is 0 Å². The van der Waals surface area contributed by atoms with Crippen molar-refractivity contribution < 1.29 is 0 Å². The lowest BCUT2D eigenvalue weighted by Crippen LogP contribution is -1.84. The molecule has 0 spiro atoms. The Balaban J connectivity index is 0.000000119. The fourth-order valence-electron chi connectivity index (χ4n) is 7.64. The number of aryl methyl sites for hydroxylation is 3. The number of rotatable bonds is 4. The maximum Gasteiger partial charge on any atom is -0.00132 e. The van der Waals surface area contributed by atoms with E-state index in [2.05, 4.69) is 227 Å². The van der Waals surface area contributed by atoms with Crippen molar-refractivity contribution in [3.63, 3.8) is 0 Å². The summed E-state index contributed by atoms with van der Waals surface area (Å²) in [6, 6.07) is 75.8. The molecule has 0 heterocycles. The van der Waals surface area contributed by atoms with E-state index < -0.39 is 0 Å².